The van der Waals surface area contributed by atoms with Crippen molar-refractivity contribution in [3.63, 3.8) is 0 Å². The fourth-order valence-electron chi connectivity index (χ4n) is 1.09. The topological polar surface area (TPSA) is 67.6 Å². The molecule has 0 spiro atoms. The first-order chi connectivity index (χ1) is 7.79. The van der Waals surface area contributed by atoms with Crippen molar-refractivity contribution in [3.8, 4) is 0 Å². The number of hydrogen-bond acceptors (Lipinski definition) is 4. The molecule has 0 saturated heterocycles. The minimum atomic E-state index is -0.652. The normalized spacial score (nSPS) is 11.1. The number of carbonyl (C=O) groups excluding carboxylic acids is 1. The molecule has 0 rings (SSSR count). The van der Waals surface area contributed by atoms with Crippen molar-refractivity contribution < 1.29 is 9.63 Å². The van der Waals surface area contributed by atoms with Gasteiger partial charge >= 0.3 is 0 Å². The summed E-state index contributed by atoms with van der Waals surface area (Å²) in [6, 6.07) is 0. The Morgan fingerprint density at radius 3 is 2.65 bits per heavy atom. The van der Waals surface area contributed by atoms with Gasteiger partial charge in [0.2, 0.25) is 0 Å². The van der Waals surface area contributed by atoms with E-state index < -0.39 is 4.32 Å². The quantitative estimate of drug-likeness (QED) is 0.235. The number of hydrazine groups is 1. The number of nitrogens with two attached hydrogens (primary N) is 1. The maximum Gasteiger partial charge on any atom is 0.252 e. The van der Waals surface area contributed by atoms with Crippen LogP contribution in [0, 0.1) is 0 Å². The number of hydrogen-bond donors (Lipinski definition) is 2. The Hall–Kier alpha value is -0.590. The summed E-state index contributed by atoms with van der Waals surface area (Å²) in [6.07, 6.45) is 1.87. The second kappa shape index (κ2) is 7.68. The van der Waals surface area contributed by atoms with Crippen LogP contribution < -0.4 is 11.3 Å². The lowest BCUT2D eigenvalue weighted by Crippen LogP contribution is -2.47. The molecule has 0 atom stereocenters. The molecule has 1 amide bonds. The van der Waals surface area contributed by atoms with Crippen LogP contribution >= 0.6 is 15.9 Å². The number of hydroxylamine groups is 1. The highest BCUT2D eigenvalue weighted by Gasteiger charge is 2.27. The first-order valence-corrected chi connectivity index (χ1v) is 6.39. The molecule has 0 saturated carbocycles. The Morgan fingerprint density at radius 2 is 2.18 bits per heavy atom. The maximum atomic E-state index is 11.7. The molecule has 0 aromatic heterocycles. The van der Waals surface area contributed by atoms with Gasteiger partial charge in [0.25, 0.3) is 5.91 Å². The Kier molecular flexibility index (Phi) is 7.41. The average Bonchev–Trinajstić information content (AvgIpc) is 2.22. The molecule has 6 heteroatoms. The Labute approximate surface area is 111 Å². The van der Waals surface area contributed by atoms with Gasteiger partial charge in [-0.05, 0) is 20.3 Å². The number of allylic oxidation sites excluding steroid dienone is 1. The van der Waals surface area contributed by atoms with E-state index in [2.05, 4.69) is 34.9 Å². The highest BCUT2D eigenvalue weighted by molar-refractivity contribution is 9.10. The van der Waals surface area contributed by atoms with E-state index in [4.69, 9.17) is 10.7 Å². The summed E-state index contributed by atoms with van der Waals surface area (Å²) in [6.45, 7) is 9.97. The van der Waals surface area contributed by atoms with Gasteiger partial charge in [-0.1, -0.05) is 35.9 Å². The summed E-state index contributed by atoms with van der Waals surface area (Å²) < 4.78 is -0.652. The van der Waals surface area contributed by atoms with Crippen LogP contribution in [0.25, 0.3) is 0 Å². The van der Waals surface area contributed by atoms with E-state index in [0.29, 0.717) is 13.2 Å². The zero-order chi connectivity index (χ0) is 13.5. The zero-order valence-corrected chi connectivity index (χ0v) is 12.3. The van der Waals surface area contributed by atoms with Crippen LogP contribution in [0.2, 0.25) is 0 Å². The Balaban J connectivity index is 3.76. The van der Waals surface area contributed by atoms with Gasteiger partial charge in [-0.15, -0.1) is 0 Å². The van der Waals surface area contributed by atoms with Gasteiger partial charge in [-0.3, -0.25) is 20.1 Å². The van der Waals surface area contributed by atoms with E-state index in [9.17, 15) is 4.79 Å². The van der Waals surface area contributed by atoms with Crippen LogP contribution in [-0.4, -0.2) is 28.4 Å². The molecule has 17 heavy (non-hydrogen) atoms. The molecule has 0 aromatic carbocycles. The monoisotopic (exact) mass is 307 g/mol. The molecule has 0 aromatic rings. The number of rotatable bonds is 8. The molecule has 0 bridgehead atoms. The van der Waals surface area contributed by atoms with Crippen LogP contribution in [0.4, 0.5) is 0 Å². The van der Waals surface area contributed by atoms with E-state index in [1.165, 1.54) is 0 Å². The fourth-order valence-corrected chi connectivity index (χ4v) is 1.32. The molecule has 0 aliphatic heterocycles. The summed E-state index contributed by atoms with van der Waals surface area (Å²) in [7, 11) is 0. The zero-order valence-electron chi connectivity index (χ0n) is 10.8. The highest BCUT2D eigenvalue weighted by Crippen LogP contribution is 2.17. The second-order valence-electron chi connectivity index (χ2n) is 4.28. The lowest BCUT2D eigenvalue weighted by atomic mass is 10.2. The lowest BCUT2D eigenvalue weighted by molar-refractivity contribution is -0.134. The molecule has 0 fully saturated rings. The maximum absolute atomic E-state index is 11.7. The number of nitrogens with one attached hydrogen (secondary N) is 1. The molecule has 5 nitrogen and oxygen atoms in total. The largest absolute Gasteiger partial charge is 0.277 e. The van der Waals surface area contributed by atoms with Crippen LogP contribution in [-0.2, 0) is 9.63 Å². The predicted octanol–water partition coefficient (Wildman–Crippen LogP) is 1.70. The van der Waals surface area contributed by atoms with Crippen molar-refractivity contribution in [2.45, 2.75) is 37.9 Å². The second-order valence-corrected chi connectivity index (χ2v) is 6.26. The average molecular weight is 308 g/mol. The van der Waals surface area contributed by atoms with Gasteiger partial charge in [0, 0.05) is 5.70 Å². The van der Waals surface area contributed by atoms with Gasteiger partial charge in [-0.2, -0.15) is 0 Å². The van der Waals surface area contributed by atoms with Crippen molar-refractivity contribution in [3.05, 3.63) is 12.3 Å². The first-order valence-electron chi connectivity index (χ1n) is 5.60. The SMILES string of the molecule is C=C(CCC)NOCCN(N)C(=O)C(C)(C)Br. The van der Waals surface area contributed by atoms with E-state index in [1.807, 2.05) is 0 Å². The van der Waals surface area contributed by atoms with Crippen molar-refractivity contribution in [1.29, 1.82) is 0 Å². The summed E-state index contributed by atoms with van der Waals surface area (Å²) in [5.41, 5.74) is 3.54. The predicted molar refractivity (Wildman–Crippen MR) is 72.0 cm³/mol. The summed E-state index contributed by atoms with van der Waals surface area (Å²) in [5.74, 6) is 5.42. The van der Waals surface area contributed by atoms with Gasteiger partial charge in [0.05, 0.1) is 13.2 Å². The number of halogens is 1. The van der Waals surface area contributed by atoms with Crippen molar-refractivity contribution >= 4 is 21.8 Å². The lowest BCUT2D eigenvalue weighted by Gasteiger charge is -2.23. The van der Waals surface area contributed by atoms with Crippen molar-refractivity contribution in [1.82, 2.24) is 10.5 Å². The third kappa shape index (κ3) is 7.36. The Bertz CT molecular complexity index is 264. The molecule has 0 aliphatic rings. The fraction of sp³-hybridized carbons (Fsp3) is 0.727. The molecule has 3 N–H and O–H groups in total. The summed E-state index contributed by atoms with van der Waals surface area (Å²) in [4.78, 5) is 16.8. The number of carbonyl (C=O) groups is 1. The number of nitrogens with zero attached hydrogens (tertiary/aromatic N) is 1. The summed E-state index contributed by atoms with van der Waals surface area (Å²) >= 11 is 3.26. The summed E-state index contributed by atoms with van der Waals surface area (Å²) in [5, 5.41) is 1.14. The first kappa shape index (κ1) is 16.4. The third-order valence-electron chi connectivity index (χ3n) is 1.97. The van der Waals surface area contributed by atoms with Crippen molar-refractivity contribution in [2.24, 2.45) is 5.84 Å². The minimum absolute atomic E-state index is 0.187. The van der Waals surface area contributed by atoms with E-state index >= 15 is 0 Å². The van der Waals surface area contributed by atoms with Crippen LogP contribution in [0.15, 0.2) is 12.3 Å². The van der Waals surface area contributed by atoms with E-state index in [0.717, 1.165) is 23.5 Å². The standard InChI is InChI=1S/C11H22BrN3O2/c1-5-6-9(2)14-17-8-7-15(13)10(16)11(3,4)12/h14H,2,5-8,13H2,1,3-4H3. The highest BCUT2D eigenvalue weighted by atomic mass is 79.9. The Morgan fingerprint density at radius 1 is 1.59 bits per heavy atom. The molecule has 100 valence electrons. The number of amides is 1. The van der Waals surface area contributed by atoms with Crippen LogP contribution in [0.3, 0.4) is 0 Å². The van der Waals surface area contributed by atoms with E-state index in [1.54, 1.807) is 13.8 Å². The molecule has 0 aliphatic carbocycles. The van der Waals surface area contributed by atoms with Gasteiger partial charge < -0.3 is 0 Å². The van der Waals surface area contributed by atoms with Crippen molar-refractivity contribution in [2.75, 3.05) is 13.2 Å². The van der Waals surface area contributed by atoms with Crippen LogP contribution in [0.5, 0.6) is 0 Å². The molecule has 0 radical (unpaired) electrons. The minimum Gasteiger partial charge on any atom is -0.277 e. The van der Waals surface area contributed by atoms with Gasteiger partial charge in [0.15, 0.2) is 0 Å². The molecule has 0 heterocycles. The third-order valence-corrected chi connectivity index (χ3v) is 2.31. The van der Waals surface area contributed by atoms with Gasteiger partial charge in [-0.25, -0.2) is 5.84 Å². The molecular weight excluding hydrogens is 286 g/mol. The number of alkyl halides is 1. The van der Waals surface area contributed by atoms with Gasteiger partial charge in [0.1, 0.15) is 4.32 Å². The van der Waals surface area contributed by atoms with Crippen LogP contribution in [0.1, 0.15) is 33.6 Å². The smallest absolute Gasteiger partial charge is 0.252 e. The molecular formula is C11H22BrN3O2. The molecule has 0 unspecified atom stereocenters. The van der Waals surface area contributed by atoms with E-state index in [-0.39, 0.29) is 5.91 Å².